The highest BCUT2D eigenvalue weighted by Gasteiger charge is 2.08. The molecule has 0 aliphatic rings. The van der Waals surface area contributed by atoms with Crippen molar-refractivity contribution in [3.8, 4) is 6.07 Å². The third-order valence-electron chi connectivity index (χ3n) is 2.03. The normalized spacial score (nSPS) is 12.4. The molecule has 1 rings (SSSR count). The van der Waals surface area contributed by atoms with E-state index in [0.717, 1.165) is 5.76 Å². The Kier molecular flexibility index (Phi) is 4.07. The van der Waals surface area contributed by atoms with Crippen LogP contribution >= 0.6 is 0 Å². The van der Waals surface area contributed by atoms with E-state index in [1.165, 1.54) is 0 Å². The monoisotopic (exact) mass is 206 g/mol. The van der Waals surface area contributed by atoms with Gasteiger partial charge in [-0.1, -0.05) is 0 Å². The molecule has 4 nitrogen and oxygen atoms in total. The highest BCUT2D eigenvalue weighted by Crippen LogP contribution is 2.09. The summed E-state index contributed by atoms with van der Waals surface area (Å²) in [5.41, 5.74) is 0. The zero-order valence-electron chi connectivity index (χ0n) is 8.93. The number of aldehydes is 1. The van der Waals surface area contributed by atoms with E-state index >= 15 is 0 Å². The van der Waals surface area contributed by atoms with Crippen LogP contribution in [0.1, 0.15) is 23.2 Å². The Morgan fingerprint density at radius 1 is 1.67 bits per heavy atom. The minimum Gasteiger partial charge on any atom is -0.457 e. The quantitative estimate of drug-likeness (QED) is 0.688. The van der Waals surface area contributed by atoms with E-state index in [2.05, 4.69) is 6.07 Å². The number of rotatable bonds is 5. The summed E-state index contributed by atoms with van der Waals surface area (Å²) in [4.78, 5) is 12.4. The Morgan fingerprint density at radius 2 is 2.40 bits per heavy atom. The fourth-order valence-corrected chi connectivity index (χ4v) is 1.38. The van der Waals surface area contributed by atoms with E-state index in [1.54, 1.807) is 12.1 Å². The molecule has 0 radical (unpaired) electrons. The lowest BCUT2D eigenvalue weighted by Gasteiger charge is -2.15. The Morgan fingerprint density at radius 3 is 2.93 bits per heavy atom. The molecule has 15 heavy (non-hydrogen) atoms. The topological polar surface area (TPSA) is 57.2 Å². The molecule has 4 heteroatoms. The van der Waals surface area contributed by atoms with Gasteiger partial charge in [0.05, 0.1) is 18.5 Å². The molecule has 1 aromatic rings. The Labute approximate surface area is 89.1 Å². The van der Waals surface area contributed by atoms with Gasteiger partial charge in [-0.15, -0.1) is 0 Å². The number of carbonyl (C=O) groups excluding carboxylic acids is 1. The van der Waals surface area contributed by atoms with E-state index < -0.39 is 0 Å². The standard InChI is InChI=1S/C11H14N2O2/c1-9(5-12)6-13(2)7-10-3-4-11(8-14)15-10/h3-4,8-9H,6-7H2,1-2H3. The van der Waals surface area contributed by atoms with Crippen molar-refractivity contribution in [3.05, 3.63) is 23.7 Å². The third-order valence-corrected chi connectivity index (χ3v) is 2.03. The highest BCUT2D eigenvalue weighted by molar-refractivity contribution is 5.70. The second kappa shape index (κ2) is 5.32. The summed E-state index contributed by atoms with van der Waals surface area (Å²) in [5, 5.41) is 8.65. The molecule has 0 fully saturated rings. The molecule has 0 saturated carbocycles. The molecule has 1 atom stereocenters. The fraction of sp³-hybridized carbons (Fsp3) is 0.455. The summed E-state index contributed by atoms with van der Waals surface area (Å²) < 4.78 is 5.23. The first kappa shape index (κ1) is 11.5. The third kappa shape index (κ3) is 3.56. The number of nitriles is 1. The molecule has 80 valence electrons. The van der Waals surface area contributed by atoms with Gasteiger partial charge in [0.2, 0.25) is 0 Å². The van der Waals surface area contributed by atoms with Gasteiger partial charge in [-0.3, -0.25) is 9.69 Å². The lowest BCUT2D eigenvalue weighted by Crippen LogP contribution is -2.23. The van der Waals surface area contributed by atoms with Gasteiger partial charge in [0.15, 0.2) is 12.0 Å². The van der Waals surface area contributed by atoms with Crippen molar-refractivity contribution in [1.29, 1.82) is 5.26 Å². The molecule has 0 aromatic carbocycles. The maximum atomic E-state index is 10.4. The van der Waals surface area contributed by atoms with Crippen molar-refractivity contribution in [2.45, 2.75) is 13.5 Å². The fourth-order valence-electron chi connectivity index (χ4n) is 1.38. The molecule has 1 unspecified atom stereocenters. The van der Waals surface area contributed by atoms with Crippen LogP contribution in [0.25, 0.3) is 0 Å². The zero-order valence-corrected chi connectivity index (χ0v) is 8.93. The molecule has 0 bridgehead atoms. The van der Waals surface area contributed by atoms with Crippen molar-refractivity contribution >= 4 is 6.29 Å². The summed E-state index contributed by atoms with van der Waals surface area (Å²) in [5.74, 6) is 1.08. The number of carbonyl (C=O) groups is 1. The molecule has 0 spiro atoms. The van der Waals surface area contributed by atoms with Gasteiger partial charge in [-0.25, -0.2) is 0 Å². The molecular formula is C11H14N2O2. The van der Waals surface area contributed by atoms with Crippen molar-refractivity contribution < 1.29 is 9.21 Å². The van der Waals surface area contributed by atoms with E-state index in [-0.39, 0.29) is 5.92 Å². The van der Waals surface area contributed by atoms with Gasteiger partial charge >= 0.3 is 0 Å². The van der Waals surface area contributed by atoms with Crippen LogP contribution in [0.15, 0.2) is 16.5 Å². The number of nitrogens with zero attached hydrogens (tertiary/aromatic N) is 2. The van der Waals surface area contributed by atoms with Crippen molar-refractivity contribution in [1.82, 2.24) is 4.90 Å². The largest absolute Gasteiger partial charge is 0.457 e. The summed E-state index contributed by atoms with van der Waals surface area (Å²) in [7, 11) is 1.91. The second-order valence-corrected chi connectivity index (χ2v) is 3.65. The van der Waals surface area contributed by atoms with Crippen molar-refractivity contribution in [2.24, 2.45) is 5.92 Å². The lowest BCUT2D eigenvalue weighted by molar-refractivity contribution is 0.109. The Hall–Kier alpha value is -1.60. The van der Waals surface area contributed by atoms with Gasteiger partial charge in [0.1, 0.15) is 5.76 Å². The average molecular weight is 206 g/mol. The van der Waals surface area contributed by atoms with Crippen LogP contribution in [0, 0.1) is 17.2 Å². The smallest absolute Gasteiger partial charge is 0.185 e. The van der Waals surface area contributed by atoms with Gasteiger partial charge in [0, 0.05) is 6.54 Å². The Balaban J connectivity index is 2.47. The first-order valence-corrected chi connectivity index (χ1v) is 4.77. The van der Waals surface area contributed by atoms with Crippen molar-refractivity contribution in [3.63, 3.8) is 0 Å². The maximum Gasteiger partial charge on any atom is 0.185 e. The van der Waals surface area contributed by atoms with E-state index in [0.29, 0.717) is 25.1 Å². The minimum atomic E-state index is -0.00416. The van der Waals surface area contributed by atoms with Gasteiger partial charge in [0.25, 0.3) is 0 Å². The molecule has 1 heterocycles. The lowest BCUT2D eigenvalue weighted by atomic mass is 10.2. The molecular weight excluding hydrogens is 192 g/mol. The first-order valence-electron chi connectivity index (χ1n) is 4.77. The summed E-state index contributed by atoms with van der Waals surface area (Å²) in [6, 6.07) is 5.59. The van der Waals surface area contributed by atoms with Crippen LogP contribution in [0.3, 0.4) is 0 Å². The molecule has 0 N–H and O–H groups in total. The van der Waals surface area contributed by atoms with E-state index in [1.807, 2.05) is 18.9 Å². The van der Waals surface area contributed by atoms with Crippen LogP contribution in [0.5, 0.6) is 0 Å². The number of hydrogen-bond acceptors (Lipinski definition) is 4. The van der Waals surface area contributed by atoms with Crippen LogP contribution in [0.2, 0.25) is 0 Å². The minimum absolute atomic E-state index is 0.00416. The van der Waals surface area contributed by atoms with E-state index in [9.17, 15) is 4.79 Å². The molecule has 0 aliphatic carbocycles. The Bertz CT molecular complexity index is 365. The first-order chi connectivity index (χ1) is 7.15. The predicted octanol–water partition coefficient (Wildman–Crippen LogP) is 1.68. The molecule has 0 saturated heterocycles. The molecule has 1 aromatic heterocycles. The summed E-state index contributed by atoms with van der Waals surface area (Å²) in [6.07, 6.45) is 0.682. The van der Waals surface area contributed by atoms with Crippen molar-refractivity contribution in [2.75, 3.05) is 13.6 Å². The summed E-state index contributed by atoms with van der Waals surface area (Å²) >= 11 is 0. The second-order valence-electron chi connectivity index (χ2n) is 3.65. The SMILES string of the molecule is CC(C#N)CN(C)Cc1ccc(C=O)o1. The van der Waals surface area contributed by atoms with Gasteiger partial charge in [-0.2, -0.15) is 5.26 Å². The highest BCUT2D eigenvalue weighted by atomic mass is 16.3. The van der Waals surface area contributed by atoms with Gasteiger partial charge < -0.3 is 4.42 Å². The van der Waals surface area contributed by atoms with Crippen LogP contribution < -0.4 is 0 Å². The maximum absolute atomic E-state index is 10.4. The molecule has 0 aliphatic heterocycles. The van der Waals surface area contributed by atoms with Crippen LogP contribution in [-0.2, 0) is 6.54 Å². The average Bonchev–Trinajstić information content (AvgIpc) is 2.65. The summed E-state index contributed by atoms with van der Waals surface area (Å²) in [6.45, 7) is 3.17. The van der Waals surface area contributed by atoms with Gasteiger partial charge in [-0.05, 0) is 26.1 Å². The number of furan rings is 1. The number of hydrogen-bond donors (Lipinski definition) is 0. The van der Waals surface area contributed by atoms with E-state index in [4.69, 9.17) is 9.68 Å². The zero-order chi connectivity index (χ0) is 11.3. The predicted molar refractivity (Wildman–Crippen MR) is 55.2 cm³/mol. The molecule has 0 amide bonds. The van der Waals surface area contributed by atoms with Crippen LogP contribution in [0.4, 0.5) is 0 Å². The van der Waals surface area contributed by atoms with Crippen LogP contribution in [-0.4, -0.2) is 24.8 Å².